The van der Waals surface area contributed by atoms with Gasteiger partial charge >= 0.3 is 5.97 Å². The second-order valence-electron chi connectivity index (χ2n) is 6.77. The van der Waals surface area contributed by atoms with Crippen LogP contribution >= 0.6 is 0 Å². The summed E-state index contributed by atoms with van der Waals surface area (Å²) >= 11 is 0. The number of ketones is 1. The Kier molecular flexibility index (Phi) is 6.96. The molecule has 1 atom stereocenters. The number of methoxy groups -OCH3 is 1. The van der Waals surface area contributed by atoms with E-state index in [0.29, 0.717) is 29.1 Å². The van der Waals surface area contributed by atoms with Crippen LogP contribution in [0.4, 0.5) is 4.39 Å². The minimum Gasteiger partial charge on any atom is -0.494 e. The second-order valence-corrected chi connectivity index (χ2v) is 6.77. The summed E-state index contributed by atoms with van der Waals surface area (Å²) in [6.07, 6.45) is 0. The molecule has 0 aliphatic rings. The minimum atomic E-state index is -0.475. The van der Waals surface area contributed by atoms with Gasteiger partial charge < -0.3 is 14.5 Å². The summed E-state index contributed by atoms with van der Waals surface area (Å²) in [7, 11) is 3.21. The number of esters is 1. The molecule has 0 amide bonds. The molecule has 1 heterocycles. The van der Waals surface area contributed by atoms with Crippen LogP contribution in [0.2, 0.25) is 0 Å². The zero-order chi connectivity index (χ0) is 21.0. The zero-order valence-corrected chi connectivity index (χ0v) is 17.2. The third kappa shape index (κ3) is 4.42. The molecule has 28 heavy (non-hydrogen) atoms. The Labute approximate surface area is 164 Å². The first-order chi connectivity index (χ1) is 13.2. The Morgan fingerprint density at radius 1 is 1.29 bits per heavy atom. The summed E-state index contributed by atoms with van der Waals surface area (Å²) in [6.45, 7) is 7.64. The van der Waals surface area contributed by atoms with E-state index >= 15 is 0 Å². The molecular weight excluding hydrogens is 363 g/mol. The number of carbonyl (C=O) groups excluding carboxylic acids is 2. The van der Waals surface area contributed by atoms with E-state index < -0.39 is 17.8 Å². The van der Waals surface area contributed by atoms with Crippen molar-refractivity contribution in [3.05, 3.63) is 52.1 Å². The van der Waals surface area contributed by atoms with Crippen molar-refractivity contribution < 1.29 is 23.5 Å². The number of rotatable bonds is 8. The topological polar surface area (TPSA) is 71.6 Å². The first-order valence-electron chi connectivity index (χ1n) is 9.14. The molecular formula is C21H27FN2O4. The van der Waals surface area contributed by atoms with Gasteiger partial charge in [0, 0.05) is 12.2 Å². The highest BCUT2D eigenvalue weighted by Crippen LogP contribution is 2.23. The number of halogens is 1. The van der Waals surface area contributed by atoms with E-state index in [-0.39, 0.29) is 18.1 Å². The Hall–Kier alpha value is -2.67. The van der Waals surface area contributed by atoms with E-state index in [2.05, 4.69) is 4.98 Å². The molecule has 0 radical (unpaired) electrons. The molecule has 152 valence electrons. The monoisotopic (exact) mass is 390 g/mol. The molecule has 0 saturated heterocycles. The van der Waals surface area contributed by atoms with Crippen molar-refractivity contribution >= 4 is 11.8 Å². The van der Waals surface area contributed by atoms with Crippen LogP contribution in [0.25, 0.3) is 0 Å². The number of Topliss-reactive ketones (excluding diaryl/α,β-unsaturated/α-hetero) is 1. The molecule has 6 nitrogen and oxygen atoms in total. The van der Waals surface area contributed by atoms with Crippen LogP contribution in [0.3, 0.4) is 0 Å². The number of nitrogens with zero attached hydrogens (tertiary/aromatic N) is 1. The maximum absolute atomic E-state index is 13.9. The highest BCUT2D eigenvalue weighted by Gasteiger charge is 2.27. The van der Waals surface area contributed by atoms with Crippen LogP contribution in [0, 0.1) is 19.7 Å². The number of nitrogens with one attached hydrogen (secondary N) is 1. The first kappa shape index (κ1) is 21.6. The summed E-state index contributed by atoms with van der Waals surface area (Å²) in [5.74, 6) is -0.850. The molecule has 1 N–H and O–H groups in total. The number of aromatic nitrogens is 1. The number of carbonyl (C=O) groups is 2. The van der Waals surface area contributed by atoms with E-state index in [4.69, 9.17) is 9.47 Å². The smallest absolute Gasteiger partial charge is 0.340 e. The molecule has 2 aromatic rings. The average Bonchev–Trinajstić information content (AvgIpc) is 2.95. The van der Waals surface area contributed by atoms with Crippen molar-refractivity contribution in [1.82, 2.24) is 9.88 Å². The number of benzene rings is 1. The fourth-order valence-corrected chi connectivity index (χ4v) is 3.15. The van der Waals surface area contributed by atoms with Gasteiger partial charge in [0.2, 0.25) is 0 Å². The number of aryl methyl sites for hydroxylation is 1. The minimum absolute atomic E-state index is 0.146. The Morgan fingerprint density at radius 2 is 1.96 bits per heavy atom. The van der Waals surface area contributed by atoms with Crippen LogP contribution in [0.5, 0.6) is 5.75 Å². The Balaban J connectivity index is 2.19. The van der Waals surface area contributed by atoms with Crippen molar-refractivity contribution in [2.45, 2.75) is 40.3 Å². The van der Waals surface area contributed by atoms with E-state index in [1.54, 1.807) is 46.9 Å². The van der Waals surface area contributed by atoms with E-state index in [1.165, 1.54) is 13.2 Å². The van der Waals surface area contributed by atoms with Gasteiger partial charge in [-0.2, -0.15) is 0 Å². The average molecular weight is 390 g/mol. The molecule has 0 fully saturated rings. The van der Waals surface area contributed by atoms with Gasteiger partial charge in [-0.1, -0.05) is 6.07 Å². The lowest BCUT2D eigenvalue weighted by atomic mass is 10.0. The Morgan fingerprint density at radius 3 is 2.54 bits per heavy atom. The van der Waals surface area contributed by atoms with Crippen LogP contribution in [-0.2, 0) is 11.3 Å². The van der Waals surface area contributed by atoms with Gasteiger partial charge in [-0.3, -0.25) is 9.69 Å². The molecule has 0 bridgehead atoms. The number of aromatic amines is 1. The summed E-state index contributed by atoms with van der Waals surface area (Å²) in [6, 6.07) is 4.25. The van der Waals surface area contributed by atoms with Crippen molar-refractivity contribution in [2.24, 2.45) is 0 Å². The predicted octanol–water partition coefficient (Wildman–Crippen LogP) is 3.66. The predicted molar refractivity (Wildman–Crippen MR) is 104 cm³/mol. The fourth-order valence-electron chi connectivity index (χ4n) is 3.15. The SMILES string of the molecule is CCOC(=O)c1c(C)[nH]c(C(=O)[C@H](C)N(C)Cc2ccc(OC)c(F)c2)c1C. The van der Waals surface area contributed by atoms with Gasteiger partial charge in [0.05, 0.1) is 31.0 Å². The molecule has 0 aliphatic carbocycles. The zero-order valence-electron chi connectivity index (χ0n) is 17.2. The maximum Gasteiger partial charge on any atom is 0.340 e. The van der Waals surface area contributed by atoms with Gasteiger partial charge in [-0.25, -0.2) is 9.18 Å². The largest absolute Gasteiger partial charge is 0.494 e. The number of hydrogen-bond donors (Lipinski definition) is 1. The van der Waals surface area contributed by atoms with Crippen LogP contribution in [0.15, 0.2) is 18.2 Å². The molecule has 2 rings (SSSR count). The number of hydrogen-bond acceptors (Lipinski definition) is 5. The Bertz CT molecular complexity index is 876. The lowest BCUT2D eigenvalue weighted by molar-refractivity contribution is 0.0525. The normalized spacial score (nSPS) is 12.1. The summed E-state index contributed by atoms with van der Waals surface area (Å²) < 4.78 is 23.9. The summed E-state index contributed by atoms with van der Waals surface area (Å²) in [4.78, 5) is 30.0. The maximum atomic E-state index is 13.9. The standard InChI is InChI=1S/C21H27FN2O4/c1-7-28-21(26)18-12(2)19(23-13(18)3)20(25)14(4)24(5)11-15-8-9-17(27-6)16(22)10-15/h8-10,14,23H,7,11H2,1-6H3/t14-/m0/s1. The lowest BCUT2D eigenvalue weighted by Crippen LogP contribution is -2.36. The molecule has 1 aromatic carbocycles. The van der Waals surface area contributed by atoms with Gasteiger partial charge in [0.1, 0.15) is 0 Å². The lowest BCUT2D eigenvalue weighted by Gasteiger charge is -2.23. The van der Waals surface area contributed by atoms with E-state index in [1.807, 2.05) is 4.90 Å². The number of H-pyrrole nitrogens is 1. The fraction of sp³-hybridized carbons (Fsp3) is 0.429. The van der Waals surface area contributed by atoms with Crippen molar-refractivity contribution in [3.63, 3.8) is 0 Å². The van der Waals surface area contributed by atoms with Gasteiger partial charge in [-0.05, 0) is 58.0 Å². The molecule has 1 aromatic heterocycles. The second kappa shape index (κ2) is 9.01. The first-order valence-corrected chi connectivity index (χ1v) is 9.14. The third-order valence-electron chi connectivity index (χ3n) is 4.85. The quantitative estimate of drug-likeness (QED) is 0.550. The van der Waals surface area contributed by atoms with Crippen LogP contribution in [-0.4, -0.2) is 48.4 Å². The van der Waals surface area contributed by atoms with Gasteiger partial charge in [-0.15, -0.1) is 0 Å². The number of ether oxygens (including phenoxy) is 2. The van der Waals surface area contributed by atoms with Crippen molar-refractivity contribution in [1.29, 1.82) is 0 Å². The number of likely N-dealkylation sites (N-methyl/N-ethyl adjacent to an activating group) is 1. The van der Waals surface area contributed by atoms with Crippen LogP contribution < -0.4 is 4.74 Å². The molecule has 0 aliphatic heterocycles. The van der Waals surface area contributed by atoms with Crippen LogP contribution in [0.1, 0.15) is 51.5 Å². The molecule has 0 unspecified atom stereocenters. The molecule has 0 saturated carbocycles. The van der Waals surface area contributed by atoms with Gasteiger partial charge in [0.15, 0.2) is 17.3 Å². The van der Waals surface area contributed by atoms with E-state index in [9.17, 15) is 14.0 Å². The molecule has 0 spiro atoms. The summed E-state index contributed by atoms with van der Waals surface area (Å²) in [5.41, 5.74) is 2.70. The van der Waals surface area contributed by atoms with Crippen molar-refractivity contribution in [2.75, 3.05) is 20.8 Å². The van der Waals surface area contributed by atoms with E-state index in [0.717, 1.165) is 5.56 Å². The molecule has 7 heteroatoms. The highest BCUT2D eigenvalue weighted by molar-refractivity contribution is 6.03. The summed E-state index contributed by atoms with van der Waals surface area (Å²) in [5, 5.41) is 0. The van der Waals surface area contributed by atoms with Crippen molar-refractivity contribution in [3.8, 4) is 5.75 Å². The highest BCUT2D eigenvalue weighted by atomic mass is 19.1. The van der Waals surface area contributed by atoms with Gasteiger partial charge in [0.25, 0.3) is 0 Å². The third-order valence-corrected chi connectivity index (χ3v) is 4.85.